The molecule has 7 nitrogen and oxygen atoms in total. The number of hydrogen-bond acceptors (Lipinski definition) is 6. The Morgan fingerprint density at radius 2 is 1.94 bits per heavy atom. The van der Waals surface area contributed by atoms with Crippen molar-refractivity contribution >= 4 is 51.3 Å². The fourth-order valence-corrected chi connectivity index (χ4v) is 4.50. The summed E-state index contributed by atoms with van der Waals surface area (Å²) in [6.07, 6.45) is 1.55. The summed E-state index contributed by atoms with van der Waals surface area (Å²) in [5, 5.41) is 19.3. The number of rotatable bonds is 8. The lowest BCUT2D eigenvalue weighted by Crippen LogP contribution is -2.03. The molecule has 0 radical (unpaired) electrons. The van der Waals surface area contributed by atoms with Crippen molar-refractivity contribution in [1.82, 2.24) is 14.8 Å². The molecule has 3 rings (SSSR count). The summed E-state index contributed by atoms with van der Waals surface area (Å²) >= 11 is 10.4. The van der Waals surface area contributed by atoms with E-state index >= 15 is 0 Å². The lowest BCUT2D eigenvalue weighted by Gasteiger charge is -2.11. The first kappa shape index (κ1) is 23.2. The van der Waals surface area contributed by atoms with Gasteiger partial charge in [-0.2, -0.15) is 0 Å². The maximum absolute atomic E-state index is 12.0. The van der Waals surface area contributed by atoms with Crippen LogP contribution in [0.25, 0.3) is 17.5 Å². The molecule has 2 aromatic carbocycles. The zero-order valence-corrected chi connectivity index (χ0v) is 20.1. The molecule has 0 spiro atoms. The Morgan fingerprint density at radius 1 is 1.23 bits per heavy atom. The zero-order chi connectivity index (χ0) is 22.5. The predicted octanol–water partition coefficient (Wildman–Crippen LogP) is 5.62. The van der Waals surface area contributed by atoms with E-state index in [9.17, 15) is 9.90 Å². The van der Waals surface area contributed by atoms with Gasteiger partial charge in [-0.1, -0.05) is 11.6 Å². The van der Waals surface area contributed by atoms with Crippen LogP contribution >= 0.6 is 39.3 Å². The molecule has 10 heteroatoms. The molecule has 0 aliphatic rings. The largest absolute Gasteiger partial charge is 0.493 e. The summed E-state index contributed by atoms with van der Waals surface area (Å²) in [5.74, 6) is 0.581. The van der Waals surface area contributed by atoms with Crippen molar-refractivity contribution in [3.63, 3.8) is 0 Å². The van der Waals surface area contributed by atoms with Crippen LogP contribution in [0.5, 0.6) is 11.5 Å². The summed E-state index contributed by atoms with van der Waals surface area (Å²) in [4.78, 5) is 12.0. The molecule has 1 N–H and O–H groups in total. The summed E-state index contributed by atoms with van der Waals surface area (Å²) in [7, 11) is 3.05. The molecule has 31 heavy (non-hydrogen) atoms. The van der Waals surface area contributed by atoms with E-state index in [0.29, 0.717) is 44.1 Å². The average Bonchev–Trinajstić information content (AvgIpc) is 3.15. The van der Waals surface area contributed by atoms with E-state index < -0.39 is 5.97 Å². The topological polar surface area (TPSA) is 86.5 Å². The number of thioether (sulfide) groups is 1. The maximum atomic E-state index is 12.0. The number of hydrogen-bond donors (Lipinski definition) is 1. The number of nitrogens with zero attached hydrogens (tertiary/aromatic N) is 3. The number of aromatic nitrogens is 3. The number of carbonyl (C=O) groups is 1. The minimum Gasteiger partial charge on any atom is -0.493 e. The monoisotopic (exact) mass is 523 g/mol. The third kappa shape index (κ3) is 5.23. The minimum atomic E-state index is -1.07. The average molecular weight is 525 g/mol. The van der Waals surface area contributed by atoms with E-state index in [1.165, 1.54) is 14.2 Å². The van der Waals surface area contributed by atoms with Gasteiger partial charge in [-0.05, 0) is 82.7 Å². The number of carboxylic acids is 1. The number of benzene rings is 2. The first-order valence-electron chi connectivity index (χ1n) is 9.11. The van der Waals surface area contributed by atoms with Crippen LogP contribution in [0.15, 0.2) is 50.9 Å². The van der Waals surface area contributed by atoms with E-state index in [1.54, 1.807) is 30.3 Å². The first-order valence-corrected chi connectivity index (χ1v) is 11.1. The van der Waals surface area contributed by atoms with Gasteiger partial charge in [0.2, 0.25) is 0 Å². The molecular weight excluding hydrogens is 506 g/mol. The molecule has 0 aliphatic heterocycles. The molecule has 0 amide bonds. The van der Waals surface area contributed by atoms with Crippen LogP contribution in [-0.4, -0.2) is 40.1 Å². The van der Waals surface area contributed by atoms with Crippen LogP contribution in [0, 0.1) is 0 Å². The highest BCUT2D eigenvalue weighted by molar-refractivity contribution is 9.10. The molecule has 0 saturated heterocycles. The van der Waals surface area contributed by atoms with Gasteiger partial charge in [0.25, 0.3) is 0 Å². The van der Waals surface area contributed by atoms with Gasteiger partial charge in [-0.15, -0.1) is 10.2 Å². The number of aliphatic carboxylic acids is 1. The molecule has 1 heterocycles. The third-order valence-corrected chi connectivity index (χ3v) is 6.14. The smallest absolute Gasteiger partial charge is 0.342 e. The standard InChI is InChI=1S/C21H19BrClN3O4S/c1-4-26-19(13-5-7-14(23)8-6-13)24-25-21(26)31-17(20(27)28)11-12-9-15(22)18(30-3)16(10-12)29-2/h5-11H,4H2,1-3H3,(H,27,28)/b17-11-. The third-order valence-electron chi connectivity index (χ3n) is 4.30. The Kier molecular flexibility index (Phi) is 7.64. The van der Waals surface area contributed by atoms with Crippen molar-refractivity contribution in [2.24, 2.45) is 0 Å². The summed E-state index contributed by atoms with van der Waals surface area (Å²) in [6, 6.07) is 10.7. The van der Waals surface area contributed by atoms with Gasteiger partial charge in [0.1, 0.15) is 4.91 Å². The first-order chi connectivity index (χ1) is 14.9. The molecular formula is C21H19BrClN3O4S. The van der Waals surface area contributed by atoms with Gasteiger partial charge in [0, 0.05) is 17.1 Å². The van der Waals surface area contributed by atoms with Gasteiger partial charge in [-0.25, -0.2) is 4.79 Å². The van der Waals surface area contributed by atoms with E-state index in [0.717, 1.165) is 17.3 Å². The predicted molar refractivity (Wildman–Crippen MR) is 125 cm³/mol. The lowest BCUT2D eigenvalue weighted by atomic mass is 10.2. The zero-order valence-electron chi connectivity index (χ0n) is 16.9. The van der Waals surface area contributed by atoms with Crippen LogP contribution in [0.3, 0.4) is 0 Å². The Balaban J connectivity index is 1.98. The highest BCUT2D eigenvalue weighted by atomic mass is 79.9. The molecule has 0 saturated carbocycles. The van der Waals surface area contributed by atoms with Crippen LogP contribution < -0.4 is 9.47 Å². The van der Waals surface area contributed by atoms with Gasteiger partial charge in [-0.3, -0.25) is 0 Å². The highest BCUT2D eigenvalue weighted by Gasteiger charge is 2.19. The number of carboxylic acid groups (broad SMARTS) is 1. The summed E-state index contributed by atoms with van der Waals surface area (Å²) in [6.45, 7) is 2.52. The summed E-state index contributed by atoms with van der Waals surface area (Å²) in [5.41, 5.74) is 1.48. The maximum Gasteiger partial charge on any atom is 0.342 e. The second-order valence-electron chi connectivity index (χ2n) is 6.21. The van der Waals surface area contributed by atoms with E-state index in [2.05, 4.69) is 26.1 Å². The second-order valence-corrected chi connectivity index (χ2v) is 8.51. The molecule has 0 aliphatic carbocycles. The quantitative estimate of drug-likeness (QED) is 0.302. The van der Waals surface area contributed by atoms with Crippen LogP contribution in [0.2, 0.25) is 5.02 Å². The molecule has 162 valence electrons. The molecule has 0 fully saturated rings. The van der Waals surface area contributed by atoms with Gasteiger partial charge >= 0.3 is 5.97 Å². The SMILES string of the molecule is CCn1c(S/C(=C\c2cc(Br)c(OC)c(OC)c2)C(=O)O)nnc1-c1ccc(Cl)cc1. The van der Waals surface area contributed by atoms with Crippen LogP contribution in [-0.2, 0) is 11.3 Å². The van der Waals surface area contributed by atoms with Gasteiger partial charge in [0.05, 0.1) is 18.7 Å². The van der Waals surface area contributed by atoms with E-state index in [1.807, 2.05) is 23.6 Å². The molecule has 0 bridgehead atoms. The fourth-order valence-electron chi connectivity index (χ4n) is 2.87. The van der Waals surface area contributed by atoms with E-state index in [-0.39, 0.29) is 4.91 Å². The van der Waals surface area contributed by atoms with Crippen molar-refractivity contribution in [2.75, 3.05) is 14.2 Å². The van der Waals surface area contributed by atoms with Gasteiger partial charge in [0.15, 0.2) is 22.5 Å². The Labute approximate surface area is 197 Å². The van der Waals surface area contributed by atoms with Crippen molar-refractivity contribution in [2.45, 2.75) is 18.6 Å². The van der Waals surface area contributed by atoms with Crippen molar-refractivity contribution in [3.05, 3.63) is 56.4 Å². The Morgan fingerprint density at radius 3 is 2.52 bits per heavy atom. The van der Waals surface area contributed by atoms with Gasteiger partial charge < -0.3 is 19.1 Å². The van der Waals surface area contributed by atoms with Crippen LogP contribution in [0.4, 0.5) is 0 Å². The molecule has 1 aromatic heterocycles. The minimum absolute atomic E-state index is 0.0869. The number of halogens is 2. The second kappa shape index (κ2) is 10.2. The molecule has 0 unspecified atom stereocenters. The Bertz CT molecular complexity index is 1130. The highest BCUT2D eigenvalue weighted by Crippen LogP contribution is 2.38. The number of methoxy groups -OCH3 is 2. The molecule has 0 atom stereocenters. The summed E-state index contributed by atoms with van der Waals surface area (Å²) < 4.78 is 13.2. The lowest BCUT2D eigenvalue weighted by molar-refractivity contribution is -0.131. The van der Waals surface area contributed by atoms with Crippen molar-refractivity contribution in [1.29, 1.82) is 0 Å². The van der Waals surface area contributed by atoms with Crippen molar-refractivity contribution < 1.29 is 19.4 Å². The van der Waals surface area contributed by atoms with Crippen LogP contribution in [0.1, 0.15) is 12.5 Å². The van der Waals surface area contributed by atoms with Crippen molar-refractivity contribution in [3.8, 4) is 22.9 Å². The molecule has 3 aromatic rings. The number of ether oxygens (including phenoxy) is 2. The fraction of sp³-hybridized carbons (Fsp3) is 0.190. The Hall–Kier alpha value is -2.49. The normalized spacial score (nSPS) is 11.5. The van der Waals surface area contributed by atoms with E-state index in [4.69, 9.17) is 21.1 Å².